The fourth-order valence-corrected chi connectivity index (χ4v) is 3.51. The molecular weight excluding hydrogens is 317 g/mol. The van der Waals surface area contributed by atoms with Crippen LogP contribution >= 0.6 is 34.5 Å². The van der Waals surface area contributed by atoms with Crippen molar-refractivity contribution in [3.05, 3.63) is 44.3 Å². The van der Waals surface area contributed by atoms with Gasteiger partial charge in [0.25, 0.3) is 5.91 Å². The lowest BCUT2D eigenvalue weighted by atomic mass is 10.1. The van der Waals surface area contributed by atoms with Crippen molar-refractivity contribution in [2.24, 2.45) is 0 Å². The molecule has 1 saturated heterocycles. The Morgan fingerprint density at radius 2 is 2.25 bits per heavy atom. The highest BCUT2D eigenvalue weighted by Crippen LogP contribution is 2.34. The average molecular weight is 328 g/mol. The van der Waals surface area contributed by atoms with E-state index in [2.05, 4.69) is 21.6 Å². The average Bonchev–Trinajstić information content (AvgIpc) is 3.10. The maximum absolute atomic E-state index is 12.6. The second-order valence-corrected chi connectivity index (χ2v) is 6.11. The zero-order valence-electron chi connectivity index (χ0n) is 10.4. The molecule has 104 valence electrons. The number of hydrogen-bond acceptors (Lipinski definition) is 4. The van der Waals surface area contributed by atoms with Crippen LogP contribution in [0.15, 0.2) is 22.9 Å². The Morgan fingerprint density at radius 1 is 1.40 bits per heavy atom. The summed E-state index contributed by atoms with van der Waals surface area (Å²) in [5, 5.41) is 11.7. The van der Waals surface area contributed by atoms with Crippen molar-refractivity contribution in [2.75, 3.05) is 6.54 Å². The van der Waals surface area contributed by atoms with Crippen LogP contribution in [0.5, 0.6) is 0 Å². The van der Waals surface area contributed by atoms with Gasteiger partial charge in [-0.2, -0.15) is 11.3 Å². The van der Waals surface area contributed by atoms with E-state index in [1.807, 2.05) is 10.3 Å². The number of rotatable bonds is 2. The molecule has 1 amide bonds. The number of hydrogen-bond donors (Lipinski definition) is 0. The molecule has 3 rings (SSSR count). The third kappa shape index (κ3) is 2.53. The molecule has 0 spiro atoms. The van der Waals surface area contributed by atoms with E-state index in [0.717, 1.165) is 19.4 Å². The van der Waals surface area contributed by atoms with Crippen LogP contribution in [0, 0.1) is 0 Å². The van der Waals surface area contributed by atoms with E-state index in [0.29, 0.717) is 5.56 Å². The third-order valence-electron chi connectivity index (χ3n) is 3.39. The summed E-state index contributed by atoms with van der Waals surface area (Å²) in [4.78, 5) is 14.5. The minimum Gasteiger partial charge on any atom is -0.331 e. The van der Waals surface area contributed by atoms with Gasteiger partial charge in [0.15, 0.2) is 10.3 Å². The van der Waals surface area contributed by atoms with Crippen molar-refractivity contribution in [1.29, 1.82) is 0 Å². The largest absolute Gasteiger partial charge is 0.331 e. The van der Waals surface area contributed by atoms with E-state index >= 15 is 0 Å². The highest BCUT2D eigenvalue weighted by atomic mass is 35.5. The number of halogens is 2. The van der Waals surface area contributed by atoms with Crippen molar-refractivity contribution in [1.82, 2.24) is 15.1 Å². The zero-order valence-corrected chi connectivity index (χ0v) is 12.8. The number of amides is 1. The molecule has 0 radical (unpaired) electrons. The Bertz CT molecular complexity index is 633. The first-order chi connectivity index (χ1) is 9.66. The molecule has 0 bridgehead atoms. The number of aromatic nitrogens is 2. The second-order valence-electron chi connectivity index (χ2n) is 4.58. The van der Waals surface area contributed by atoms with Gasteiger partial charge in [-0.05, 0) is 41.3 Å². The molecule has 1 unspecified atom stereocenters. The minimum atomic E-state index is -0.138. The smallest absolute Gasteiger partial charge is 0.257 e. The number of nitrogens with zero attached hydrogens (tertiary/aromatic N) is 3. The number of carbonyl (C=O) groups is 1. The molecule has 1 fully saturated rings. The lowest BCUT2D eigenvalue weighted by molar-refractivity contribution is 0.0735. The van der Waals surface area contributed by atoms with Crippen LogP contribution in [-0.2, 0) is 0 Å². The monoisotopic (exact) mass is 327 g/mol. The van der Waals surface area contributed by atoms with Gasteiger partial charge in [0.2, 0.25) is 0 Å². The molecule has 2 aromatic heterocycles. The molecule has 7 heteroatoms. The predicted molar refractivity (Wildman–Crippen MR) is 79.4 cm³/mol. The van der Waals surface area contributed by atoms with E-state index < -0.39 is 0 Å². The number of carbonyl (C=O) groups excluding carboxylic acids is 1. The molecule has 0 N–H and O–H groups in total. The normalized spacial score (nSPS) is 18.5. The Hall–Kier alpha value is -1.17. The zero-order chi connectivity index (χ0) is 14.1. The van der Waals surface area contributed by atoms with Crippen LogP contribution in [0.1, 0.15) is 34.8 Å². The van der Waals surface area contributed by atoms with E-state index in [4.69, 9.17) is 23.2 Å². The van der Waals surface area contributed by atoms with Crippen molar-refractivity contribution in [2.45, 2.75) is 18.9 Å². The van der Waals surface area contributed by atoms with E-state index in [9.17, 15) is 4.79 Å². The number of thiophene rings is 1. The van der Waals surface area contributed by atoms with Crippen LogP contribution in [0.2, 0.25) is 10.3 Å². The first kappa shape index (κ1) is 13.8. The van der Waals surface area contributed by atoms with Gasteiger partial charge in [-0.1, -0.05) is 23.2 Å². The van der Waals surface area contributed by atoms with Crippen LogP contribution < -0.4 is 0 Å². The van der Waals surface area contributed by atoms with Gasteiger partial charge < -0.3 is 4.90 Å². The van der Waals surface area contributed by atoms with Gasteiger partial charge in [0.1, 0.15) is 0 Å². The standard InChI is InChI=1S/C13H11Cl2N3OS/c14-11-6-9(12(15)17-16-11)13(19)18-4-1-2-10(18)8-3-5-20-7-8/h3,5-7,10H,1-2,4H2. The molecule has 0 aliphatic carbocycles. The molecule has 0 saturated carbocycles. The van der Waals surface area contributed by atoms with Crippen LogP contribution in [0.25, 0.3) is 0 Å². The molecule has 1 aliphatic rings. The summed E-state index contributed by atoms with van der Waals surface area (Å²) in [6.07, 6.45) is 1.95. The van der Waals surface area contributed by atoms with Crippen LogP contribution in [0.3, 0.4) is 0 Å². The van der Waals surface area contributed by atoms with Crippen LogP contribution in [0.4, 0.5) is 0 Å². The van der Waals surface area contributed by atoms with Crippen molar-refractivity contribution in [3.63, 3.8) is 0 Å². The Morgan fingerprint density at radius 3 is 3.00 bits per heavy atom. The van der Waals surface area contributed by atoms with E-state index in [1.165, 1.54) is 11.6 Å². The molecule has 0 aromatic carbocycles. The predicted octanol–water partition coefficient (Wildman–Crippen LogP) is 3.82. The summed E-state index contributed by atoms with van der Waals surface area (Å²) in [6.45, 7) is 0.718. The molecular formula is C13H11Cl2N3OS. The summed E-state index contributed by atoms with van der Waals surface area (Å²) < 4.78 is 0. The lowest BCUT2D eigenvalue weighted by Gasteiger charge is -2.24. The van der Waals surface area contributed by atoms with Crippen LogP contribution in [-0.4, -0.2) is 27.5 Å². The third-order valence-corrected chi connectivity index (χ3v) is 4.56. The Kier molecular flexibility index (Phi) is 3.92. The second kappa shape index (κ2) is 5.68. The fourth-order valence-electron chi connectivity index (χ4n) is 2.48. The highest BCUT2D eigenvalue weighted by molar-refractivity contribution is 7.08. The Labute approximate surface area is 130 Å². The molecule has 2 aromatic rings. The lowest BCUT2D eigenvalue weighted by Crippen LogP contribution is -2.30. The van der Waals surface area contributed by atoms with Gasteiger partial charge >= 0.3 is 0 Å². The topological polar surface area (TPSA) is 46.1 Å². The minimum absolute atomic E-state index is 0.0929. The summed E-state index contributed by atoms with van der Waals surface area (Å²) in [5.41, 5.74) is 1.49. The molecule has 20 heavy (non-hydrogen) atoms. The first-order valence-electron chi connectivity index (χ1n) is 6.18. The van der Waals surface area contributed by atoms with Gasteiger partial charge in [0.05, 0.1) is 11.6 Å². The van der Waals surface area contributed by atoms with Gasteiger partial charge in [-0.25, -0.2) is 0 Å². The van der Waals surface area contributed by atoms with Gasteiger partial charge in [-0.3, -0.25) is 4.79 Å². The van der Waals surface area contributed by atoms with Gasteiger partial charge in [0, 0.05) is 6.54 Å². The SMILES string of the molecule is O=C(c1cc(Cl)nnc1Cl)N1CCCC1c1ccsc1. The fraction of sp³-hybridized carbons (Fsp3) is 0.308. The van der Waals surface area contributed by atoms with Crippen molar-refractivity contribution in [3.8, 4) is 0 Å². The summed E-state index contributed by atoms with van der Waals surface area (Å²) >= 11 is 13.4. The number of likely N-dealkylation sites (tertiary alicyclic amines) is 1. The molecule has 1 atom stereocenters. The molecule has 3 heterocycles. The molecule has 4 nitrogen and oxygen atoms in total. The highest BCUT2D eigenvalue weighted by Gasteiger charge is 2.32. The maximum Gasteiger partial charge on any atom is 0.257 e. The quantitative estimate of drug-likeness (QED) is 0.842. The Balaban J connectivity index is 1.91. The van der Waals surface area contributed by atoms with Crippen molar-refractivity contribution < 1.29 is 4.79 Å². The summed E-state index contributed by atoms with van der Waals surface area (Å²) in [6, 6.07) is 3.64. The molecule has 1 aliphatic heterocycles. The van der Waals surface area contributed by atoms with Crippen molar-refractivity contribution >= 4 is 40.4 Å². The van der Waals surface area contributed by atoms with E-state index in [1.54, 1.807) is 11.3 Å². The van der Waals surface area contributed by atoms with Gasteiger partial charge in [-0.15, -0.1) is 10.2 Å². The summed E-state index contributed by atoms with van der Waals surface area (Å²) in [5.74, 6) is -0.138. The van der Waals surface area contributed by atoms with E-state index in [-0.39, 0.29) is 22.3 Å². The maximum atomic E-state index is 12.6. The first-order valence-corrected chi connectivity index (χ1v) is 7.88. The summed E-state index contributed by atoms with van der Waals surface area (Å²) in [7, 11) is 0.